The van der Waals surface area contributed by atoms with E-state index in [1.54, 1.807) is 12.1 Å². The fourth-order valence-electron chi connectivity index (χ4n) is 1.84. The van der Waals surface area contributed by atoms with E-state index in [4.69, 9.17) is 16.3 Å². The third kappa shape index (κ3) is 4.16. The summed E-state index contributed by atoms with van der Waals surface area (Å²) >= 11 is 5.76. The summed E-state index contributed by atoms with van der Waals surface area (Å²) in [4.78, 5) is 14.3. The second-order valence-corrected chi connectivity index (χ2v) is 4.95. The third-order valence-corrected chi connectivity index (χ3v) is 3.17. The summed E-state index contributed by atoms with van der Waals surface area (Å²) in [6, 6.07) is 10.1. The van der Waals surface area contributed by atoms with Crippen LogP contribution in [0.5, 0.6) is 11.6 Å². The van der Waals surface area contributed by atoms with Gasteiger partial charge in [-0.3, -0.25) is 10.1 Å². The molecule has 0 aliphatic carbocycles. The first-order valence-corrected chi connectivity index (χ1v) is 7.05. The molecule has 1 aromatic carbocycles. The van der Waals surface area contributed by atoms with Crippen molar-refractivity contribution in [3.05, 3.63) is 57.2 Å². The predicted octanol–water partition coefficient (Wildman–Crippen LogP) is 4.78. The number of hydrogen-bond donors (Lipinski definition) is 0. The van der Waals surface area contributed by atoms with Crippen LogP contribution >= 0.6 is 11.6 Å². The molecule has 0 fully saturated rings. The van der Waals surface area contributed by atoms with Gasteiger partial charge in [0.1, 0.15) is 10.9 Å². The number of nitrogens with zero attached hydrogens (tertiary/aromatic N) is 2. The van der Waals surface area contributed by atoms with Gasteiger partial charge in [0.2, 0.25) is 0 Å². The van der Waals surface area contributed by atoms with Gasteiger partial charge in [-0.2, -0.15) is 4.98 Å². The highest BCUT2D eigenvalue weighted by atomic mass is 35.5. The van der Waals surface area contributed by atoms with E-state index in [9.17, 15) is 10.1 Å². The van der Waals surface area contributed by atoms with E-state index < -0.39 is 4.92 Å². The van der Waals surface area contributed by atoms with Crippen LogP contribution < -0.4 is 4.74 Å². The normalized spacial score (nSPS) is 10.4. The Morgan fingerprint density at radius 3 is 2.57 bits per heavy atom. The summed E-state index contributed by atoms with van der Waals surface area (Å²) in [5.74, 6) is 0.391. The summed E-state index contributed by atoms with van der Waals surface area (Å²) in [6.45, 7) is 2.14. The highest BCUT2D eigenvalue weighted by Gasteiger charge is 2.18. The fraction of sp³-hybridized carbons (Fsp3) is 0.267. The summed E-state index contributed by atoms with van der Waals surface area (Å²) in [5, 5.41) is 11.1. The maximum Gasteiger partial charge on any atom is 0.331 e. The van der Waals surface area contributed by atoms with Gasteiger partial charge in [0, 0.05) is 6.07 Å². The molecule has 0 bridgehead atoms. The van der Waals surface area contributed by atoms with E-state index in [0.29, 0.717) is 5.75 Å². The molecule has 5 nitrogen and oxygen atoms in total. The lowest BCUT2D eigenvalue weighted by Crippen LogP contribution is -1.96. The first-order chi connectivity index (χ1) is 10.1. The molecular formula is C15H15ClN2O3. The summed E-state index contributed by atoms with van der Waals surface area (Å²) in [5.41, 5.74) is 0.993. The molecule has 1 heterocycles. The van der Waals surface area contributed by atoms with Gasteiger partial charge in [-0.1, -0.05) is 37.1 Å². The van der Waals surface area contributed by atoms with Crippen molar-refractivity contribution < 1.29 is 9.66 Å². The minimum absolute atomic E-state index is 0.103. The van der Waals surface area contributed by atoms with E-state index in [0.717, 1.165) is 19.3 Å². The standard InChI is InChI=1S/C15H15ClN2O3/c1-2-3-4-11-5-7-12(8-6-11)21-15-13(18(19)20)9-10-14(16)17-15/h5-10H,2-4H2,1H3. The molecule has 0 amide bonds. The molecule has 0 unspecified atom stereocenters. The molecule has 0 radical (unpaired) electrons. The van der Waals surface area contributed by atoms with Crippen LogP contribution in [0.3, 0.4) is 0 Å². The Morgan fingerprint density at radius 1 is 1.24 bits per heavy atom. The van der Waals surface area contributed by atoms with Crippen LogP contribution in [-0.4, -0.2) is 9.91 Å². The Balaban J connectivity index is 2.18. The van der Waals surface area contributed by atoms with E-state index in [-0.39, 0.29) is 16.7 Å². The molecule has 0 saturated heterocycles. The number of aromatic nitrogens is 1. The summed E-state index contributed by atoms with van der Waals surface area (Å²) < 4.78 is 5.47. The number of ether oxygens (including phenoxy) is 1. The Kier molecular flexibility index (Phi) is 5.11. The topological polar surface area (TPSA) is 65.3 Å². The first kappa shape index (κ1) is 15.3. The van der Waals surface area contributed by atoms with Crippen LogP contribution in [0.1, 0.15) is 25.3 Å². The van der Waals surface area contributed by atoms with Gasteiger partial charge in [0.25, 0.3) is 0 Å². The highest BCUT2D eigenvalue weighted by molar-refractivity contribution is 6.29. The van der Waals surface area contributed by atoms with Gasteiger partial charge in [0.05, 0.1) is 4.92 Å². The smallest absolute Gasteiger partial charge is 0.331 e. The van der Waals surface area contributed by atoms with Crippen molar-refractivity contribution in [2.24, 2.45) is 0 Å². The van der Waals surface area contributed by atoms with Crippen LogP contribution in [0.25, 0.3) is 0 Å². The molecule has 2 rings (SSSR count). The van der Waals surface area contributed by atoms with Crippen molar-refractivity contribution in [2.45, 2.75) is 26.2 Å². The van der Waals surface area contributed by atoms with Gasteiger partial charge in [-0.25, -0.2) is 0 Å². The Hall–Kier alpha value is -2.14. The van der Waals surface area contributed by atoms with Gasteiger partial charge in [-0.15, -0.1) is 0 Å². The zero-order valence-corrected chi connectivity index (χ0v) is 12.3. The minimum Gasteiger partial charge on any atom is -0.434 e. The van der Waals surface area contributed by atoms with Crippen molar-refractivity contribution in [3.8, 4) is 11.6 Å². The highest BCUT2D eigenvalue weighted by Crippen LogP contribution is 2.30. The van der Waals surface area contributed by atoms with Crippen molar-refractivity contribution in [3.63, 3.8) is 0 Å². The average Bonchev–Trinajstić information content (AvgIpc) is 2.46. The van der Waals surface area contributed by atoms with E-state index in [1.807, 2.05) is 12.1 Å². The molecule has 0 spiro atoms. The van der Waals surface area contributed by atoms with Gasteiger partial charge in [-0.05, 0) is 36.6 Å². The van der Waals surface area contributed by atoms with Crippen LogP contribution in [0.2, 0.25) is 5.15 Å². The molecule has 6 heteroatoms. The maximum atomic E-state index is 10.9. The zero-order chi connectivity index (χ0) is 15.2. The molecule has 21 heavy (non-hydrogen) atoms. The number of aryl methyl sites for hydroxylation is 1. The summed E-state index contributed by atoms with van der Waals surface area (Å²) in [6.07, 6.45) is 3.27. The van der Waals surface area contributed by atoms with Crippen LogP contribution in [0, 0.1) is 10.1 Å². The third-order valence-electron chi connectivity index (χ3n) is 2.96. The SMILES string of the molecule is CCCCc1ccc(Oc2nc(Cl)ccc2[N+](=O)[O-])cc1. The number of nitro groups is 1. The number of pyridine rings is 1. The lowest BCUT2D eigenvalue weighted by atomic mass is 10.1. The van der Waals surface area contributed by atoms with Crippen LogP contribution in [0.4, 0.5) is 5.69 Å². The van der Waals surface area contributed by atoms with Crippen molar-refractivity contribution >= 4 is 17.3 Å². The molecule has 110 valence electrons. The van der Waals surface area contributed by atoms with Gasteiger partial charge < -0.3 is 4.74 Å². The summed E-state index contributed by atoms with van der Waals surface area (Å²) in [7, 11) is 0. The van der Waals surface area contributed by atoms with Crippen LogP contribution in [-0.2, 0) is 6.42 Å². The van der Waals surface area contributed by atoms with Crippen molar-refractivity contribution in [1.82, 2.24) is 4.98 Å². The molecular weight excluding hydrogens is 292 g/mol. The molecule has 2 aromatic rings. The minimum atomic E-state index is -0.547. The number of halogens is 1. The fourth-order valence-corrected chi connectivity index (χ4v) is 1.98. The lowest BCUT2D eigenvalue weighted by Gasteiger charge is -2.06. The van der Waals surface area contributed by atoms with Crippen molar-refractivity contribution in [2.75, 3.05) is 0 Å². The first-order valence-electron chi connectivity index (χ1n) is 6.68. The molecule has 0 aliphatic rings. The average molecular weight is 307 g/mol. The number of unbranched alkanes of at least 4 members (excludes halogenated alkanes) is 1. The lowest BCUT2D eigenvalue weighted by molar-refractivity contribution is -0.386. The Bertz CT molecular complexity index is 629. The van der Waals surface area contributed by atoms with Crippen molar-refractivity contribution in [1.29, 1.82) is 0 Å². The number of hydrogen-bond acceptors (Lipinski definition) is 4. The predicted molar refractivity (Wildman–Crippen MR) is 81.0 cm³/mol. The number of benzene rings is 1. The largest absolute Gasteiger partial charge is 0.434 e. The van der Waals surface area contributed by atoms with Gasteiger partial charge in [0.15, 0.2) is 0 Å². The molecule has 0 atom stereocenters. The Labute approximate surface area is 127 Å². The van der Waals surface area contributed by atoms with Crippen LogP contribution in [0.15, 0.2) is 36.4 Å². The second-order valence-electron chi connectivity index (χ2n) is 4.56. The zero-order valence-electron chi connectivity index (χ0n) is 11.6. The molecule has 0 N–H and O–H groups in total. The van der Waals surface area contributed by atoms with E-state index in [1.165, 1.54) is 17.7 Å². The van der Waals surface area contributed by atoms with E-state index >= 15 is 0 Å². The Morgan fingerprint density at radius 2 is 1.95 bits per heavy atom. The van der Waals surface area contributed by atoms with Gasteiger partial charge >= 0.3 is 11.6 Å². The maximum absolute atomic E-state index is 10.9. The number of rotatable bonds is 6. The quantitative estimate of drug-likeness (QED) is 0.437. The molecule has 0 aliphatic heterocycles. The monoisotopic (exact) mass is 306 g/mol. The molecule has 0 saturated carbocycles. The second kappa shape index (κ2) is 7.04. The van der Waals surface area contributed by atoms with E-state index in [2.05, 4.69) is 11.9 Å². The molecule has 1 aromatic heterocycles.